The number of amides is 1. The van der Waals surface area contributed by atoms with E-state index in [1.54, 1.807) is 30.5 Å². The quantitative estimate of drug-likeness (QED) is 0.400. The van der Waals surface area contributed by atoms with Crippen LogP contribution >= 0.6 is 23.2 Å². The highest BCUT2D eigenvalue weighted by molar-refractivity contribution is 6.42. The molecule has 0 saturated carbocycles. The van der Waals surface area contributed by atoms with Crippen molar-refractivity contribution in [2.24, 2.45) is 9.98 Å². The number of non-ortho nitro benzene ring substituents is 1. The van der Waals surface area contributed by atoms with Gasteiger partial charge in [-0.2, -0.15) is 0 Å². The second-order valence-corrected chi connectivity index (χ2v) is 7.46. The van der Waals surface area contributed by atoms with E-state index in [1.165, 1.54) is 30.3 Å². The number of benzene rings is 2. The summed E-state index contributed by atoms with van der Waals surface area (Å²) in [5.74, 6) is 0.209. The van der Waals surface area contributed by atoms with Crippen LogP contribution in [0.4, 0.5) is 21.9 Å². The molecule has 12 heteroatoms. The maximum absolute atomic E-state index is 12.1. The van der Waals surface area contributed by atoms with Gasteiger partial charge in [-0.15, -0.1) is 0 Å². The maximum atomic E-state index is 12.1. The number of hydrogen-bond acceptors (Lipinski definition) is 8. The topological polar surface area (TPSA) is 131 Å². The minimum atomic E-state index is -0.821. The van der Waals surface area contributed by atoms with E-state index in [0.717, 1.165) is 0 Å². The van der Waals surface area contributed by atoms with Crippen molar-refractivity contribution in [2.75, 3.05) is 11.9 Å². The molecule has 0 radical (unpaired) electrons. The van der Waals surface area contributed by atoms with Crippen molar-refractivity contribution in [3.63, 3.8) is 0 Å². The fourth-order valence-electron chi connectivity index (χ4n) is 2.94. The van der Waals surface area contributed by atoms with Crippen LogP contribution < -0.4 is 10.8 Å². The molecule has 1 aromatic heterocycles. The van der Waals surface area contributed by atoms with E-state index in [-0.39, 0.29) is 23.1 Å². The van der Waals surface area contributed by atoms with Gasteiger partial charge in [0, 0.05) is 29.6 Å². The number of nitrogens with zero attached hydrogens (tertiary/aromatic N) is 4. The Morgan fingerprint density at radius 2 is 1.94 bits per heavy atom. The Bertz CT molecular complexity index is 1300. The molecule has 10 nitrogen and oxygen atoms in total. The predicted molar refractivity (Wildman–Crippen MR) is 125 cm³/mol. The van der Waals surface area contributed by atoms with Gasteiger partial charge in [0.15, 0.2) is 5.84 Å². The number of nitrogens with one attached hydrogen (secondary N) is 2. The lowest BCUT2D eigenvalue weighted by molar-refractivity contribution is -0.384. The molecule has 2 N–H and O–H groups in total. The Morgan fingerprint density at radius 1 is 1.09 bits per heavy atom. The van der Waals surface area contributed by atoms with Gasteiger partial charge in [0.25, 0.3) is 5.69 Å². The molecule has 0 atom stereocenters. The summed E-state index contributed by atoms with van der Waals surface area (Å²) in [5, 5.41) is 14.4. The lowest BCUT2D eigenvalue weighted by Crippen LogP contribution is -2.31. The molecule has 0 saturated heterocycles. The van der Waals surface area contributed by atoms with Crippen LogP contribution in [0.25, 0.3) is 0 Å². The van der Waals surface area contributed by atoms with E-state index >= 15 is 0 Å². The minimum absolute atomic E-state index is 0.00837. The summed E-state index contributed by atoms with van der Waals surface area (Å²) in [6.07, 6.45) is 0.772. The molecule has 2 aromatic carbocycles. The first-order valence-electron chi connectivity index (χ1n) is 9.42. The van der Waals surface area contributed by atoms with E-state index in [9.17, 15) is 14.9 Å². The summed E-state index contributed by atoms with van der Waals surface area (Å²) >= 11 is 11.8. The Labute approximate surface area is 197 Å². The maximum Gasteiger partial charge on any atom is 0.435 e. The molecule has 1 amide bonds. The van der Waals surface area contributed by atoms with Crippen molar-refractivity contribution in [3.05, 3.63) is 92.2 Å². The van der Waals surface area contributed by atoms with Gasteiger partial charge in [-0.3, -0.25) is 25.4 Å². The number of nitro groups is 1. The second-order valence-electron chi connectivity index (χ2n) is 6.64. The van der Waals surface area contributed by atoms with Gasteiger partial charge in [-0.05, 0) is 36.4 Å². The van der Waals surface area contributed by atoms with Crippen LogP contribution in [0, 0.1) is 10.1 Å². The Kier molecular flexibility index (Phi) is 6.48. The van der Waals surface area contributed by atoms with Gasteiger partial charge < -0.3 is 4.84 Å². The number of hydroxylamine groups is 1. The Balaban J connectivity index is 1.56. The molecule has 0 aliphatic carbocycles. The zero-order valence-corrected chi connectivity index (χ0v) is 18.2. The monoisotopic (exact) mass is 484 g/mol. The number of aromatic nitrogens is 1. The van der Waals surface area contributed by atoms with Crippen LogP contribution in [0.5, 0.6) is 0 Å². The summed E-state index contributed by atoms with van der Waals surface area (Å²) in [6, 6.07) is 14.0. The average Bonchev–Trinajstić information content (AvgIpc) is 2.99. The van der Waals surface area contributed by atoms with Crippen LogP contribution in [-0.4, -0.2) is 34.1 Å². The summed E-state index contributed by atoms with van der Waals surface area (Å²) < 4.78 is 0. The standard InChI is InChI=1S/C21H14Cl2N6O4/c22-15-6-4-12(9-16(15)23)26-21(30)33-28-19-11-25-20(18-3-1-2-8-24-18)14-10-13(29(31)32)5-7-17(14)27-19/h1-10H,11H2,(H,26,30)(H,27,28). The van der Waals surface area contributed by atoms with Crippen molar-refractivity contribution in [1.82, 2.24) is 10.5 Å². The molecular formula is C21H14Cl2N6O4. The number of nitro benzene ring substituents is 1. The van der Waals surface area contributed by atoms with E-state index in [0.29, 0.717) is 33.4 Å². The summed E-state index contributed by atoms with van der Waals surface area (Å²) in [7, 11) is 0. The number of pyridine rings is 1. The van der Waals surface area contributed by atoms with Gasteiger partial charge in [-0.1, -0.05) is 29.3 Å². The Hall–Kier alpha value is -4.02. The molecule has 0 bridgehead atoms. The molecule has 4 rings (SSSR count). The third kappa shape index (κ3) is 5.25. The van der Waals surface area contributed by atoms with E-state index in [2.05, 4.69) is 25.8 Å². The molecule has 3 aromatic rings. The van der Waals surface area contributed by atoms with Crippen LogP contribution in [0.15, 0.2) is 70.8 Å². The van der Waals surface area contributed by atoms with Crippen LogP contribution in [0.2, 0.25) is 10.0 Å². The van der Waals surface area contributed by atoms with Gasteiger partial charge in [0.05, 0.1) is 32.1 Å². The normalized spacial score (nSPS) is 12.5. The number of aliphatic imine (C=N–C) groups is 2. The molecule has 0 fully saturated rings. The van der Waals surface area contributed by atoms with Gasteiger partial charge in [0.2, 0.25) is 0 Å². The third-order valence-corrected chi connectivity index (χ3v) is 5.16. The Morgan fingerprint density at radius 3 is 2.67 bits per heavy atom. The second kappa shape index (κ2) is 9.63. The average molecular weight is 485 g/mol. The fraction of sp³-hybridized carbons (Fsp3) is 0.0476. The number of carbonyl (C=O) groups is 1. The zero-order chi connectivity index (χ0) is 23.4. The molecule has 1 aliphatic heterocycles. The lowest BCUT2D eigenvalue weighted by atomic mass is 10.0. The number of carbonyl (C=O) groups excluding carboxylic acids is 1. The fourth-order valence-corrected chi connectivity index (χ4v) is 3.24. The first kappa shape index (κ1) is 22.2. The number of fused-ring (bicyclic) bond motifs is 1. The van der Waals surface area contributed by atoms with Crippen molar-refractivity contribution in [1.29, 1.82) is 0 Å². The van der Waals surface area contributed by atoms with Crippen LogP contribution in [0.1, 0.15) is 11.3 Å². The number of halogens is 2. The zero-order valence-electron chi connectivity index (χ0n) is 16.7. The highest BCUT2D eigenvalue weighted by Gasteiger charge is 2.21. The largest absolute Gasteiger partial charge is 0.435 e. The highest BCUT2D eigenvalue weighted by Crippen LogP contribution is 2.29. The third-order valence-electron chi connectivity index (χ3n) is 4.42. The summed E-state index contributed by atoms with van der Waals surface area (Å²) in [5.41, 5.74) is 4.53. The summed E-state index contributed by atoms with van der Waals surface area (Å²) in [6.45, 7) is 0.00837. The van der Waals surface area contributed by atoms with Crippen molar-refractivity contribution in [3.8, 4) is 0 Å². The minimum Gasteiger partial charge on any atom is -0.323 e. The summed E-state index contributed by atoms with van der Waals surface area (Å²) in [4.78, 5) is 41.1. The van der Waals surface area contributed by atoms with Gasteiger partial charge >= 0.3 is 6.09 Å². The predicted octanol–water partition coefficient (Wildman–Crippen LogP) is 4.93. The first-order chi connectivity index (χ1) is 15.9. The molecule has 33 heavy (non-hydrogen) atoms. The molecule has 0 spiro atoms. The lowest BCUT2D eigenvalue weighted by Gasteiger charge is -2.09. The van der Waals surface area contributed by atoms with Gasteiger partial charge in [-0.25, -0.2) is 15.3 Å². The number of anilines is 1. The molecule has 1 aliphatic rings. The van der Waals surface area contributed by atoms with Crippen molar-refractivity contribution in [2.45, 2.75) is 0 Å². The smallest absolute Gasteiger partial charge is 0.323 e. The SMILES string of the molecule is O=C(Nc1ccc(Cl)c(Cl)c1)ONC1=Nc2ccc([N+](=O)[O-])cc2C(c2ccccn2)=NC1. The number of amidine groups is 1. The first-order valence-corrected chi connectivity index (χ1v) is 10.2. The molecule has 166 valence electrons. The number of hydrogen-bond donors (Lipinski definition) is 2. The highest BCUT2D eigenvalue weighted by atomic mass is 35.5. The molecular weight excluding hydrogens is 471 g/mol. The number of rotatable bonds is 3. The molecule has 0 unspecified atom stereocenters. The van der Waals surface area contributed by atoms with E-state index in [1.807, 2.05) is 0 Å². The van der Waals surface area contributed by atoms with E-state index < -0.39 is 11.0 Å². The van der Waals surface area contributed by atoms with Crippen LogP contribution in [-0.2, 0) is 4.84 Å². The molecule has 2 heterocycles. The van der Waals surface area contributed by atoms with Crippen molar-refractivity contribution >= 4 is 57.9 Å². The van der Waals surface area contributed by atoms with Crippen LogP contribution in [0.3, 0.4) is 0 Å². The van der Waals surface area contributed by atoms with Crippen molar-refractivity contribution < 1.29 is 14.6 Å². The van der Waals surface area contributed by atoms with E-state index in [4.69, 9.17) is 28.0 Å². The van der Waals surface area contributed by atoms with Gasteiger partial charge in [0.1, 0.15) is 6.54 Å².